The summed E-state index contributed by atoms with van der Waals surface area (Å²) in [5.41, 5.74) is 2.45. The Morgan fingerprint density at radius 3 is 2.25 bits per heavy atom. The normalized spacial score (nSPS) is 14.0. The Hall–Kier alpha value is -1.02. The Morgan fingerprint density at radius 2 is 1.65 bits per heavy atom. The summed E-state index contributed by atoms with van der Waals surface area (Å²) in [5.74, 6) is 0. The van der Waals surface area contributed by atoms with Crippen molar-refractivity contribution >= 4 is 23.2 Å². The molecule has 0 saturated heterocycles. The lowest BCUT2D eigenvalue weighted by Crippen LogP contribution is -2.24. The van der Waals surface area contributed by atoms with Crippen LogP contribution < -0.4 is 5.32 Å². The second-order valence-electron chi connectivity index (χ2n) is 4.96. The minimum absolute atomic E-state index is 0.245. The summed E-state index contributed by atoms with van der Waals surface area (Å²) in [7, 11) is 0. The highest BCUT2D eigenvalue weighted by Gasteiger charge is 2.13. The van der Waals surface area contributed by atoms with E-state index in [4.69, 9.17) is 23.2 Å². The van der Waals surface area contributed by atoms with Gasteiger partial charge in [-0.3, -0.25) is 0 Å². The third kappa shape index (κ3) is 3.99. The van der Waals surface area contributed by atoms with Gasteiger partial charge in [0.25, 0.3) is 0 Å². The molecule has 0 heterocycles. The quantitative estimate of drug-likeness (QED) is 0.736. The summed E-state index contributed by atoms with van der Waals surface area (Å²) in [5, 5.41) is 5.19. The topological polar surface area (TPSA) is 12.0 Å². The van der Waals surface area contributed by atoms with Gasteiger partial charge < -0.3 is 5.32 Å². The standard InChI is InChI=1S/C17H19Cl2N/c1-3-17(13-7-9-15(18)10-8-13)20-12(2)14-5-4-6-16(19)11-14/h4-12,17,20H,3H2,1-2H3. The Bertz CT molecular complexity index is 551. The number of halogens is 2. The number of benzene rings is 2. The maximum absolute atomic E-state index is 6.05. The zero-order valence-electron chi connectivity index (χ0n) is 11.7. The lowest BCUT2D eigenvalue weighted by atomic mass is 10.0. The number of rotatable bonds is 5. The van der Waals surface area contributed by atoms with Crippen LogP contribution in [0, 0.1) is 0 Å². The summed E-state index contributed by atoms with van der Waals surface area (Å²) < 4.78 is 0. The van der Waals surface area contributed by atoms with E-state index in [1.807, 2.05) is 30.3 Å². The first-order valence-corrected chi connectivity index (χ1v) is 7.62. The van der Waals surface area contributed by atoms with Crippen LogP contribution in [0.5, 0.6) is 0 Å². The predicted octanol–water partition coefficient (Wildman–Crippen LogP) is 5.80. The van der Waals surface area contributed by atoms with Gasteiger partial charge in [0.15, 0.2) is 0 Å². The van der Waals surface area contributed by atoms with Gasteiger partial charge in [-0.2, -0.15) is 0 Å². The van der Waals surface area contributed by atoms with Crippen molar-refractivity contribution in [3.05, 3.63) is 69.7 Å². The monoisotopic (exact) mass is 307 g/mol. The molecule has 0 bridgehead atoms. The van der Waals surface area contributed by atoms with Gasteiger partial charge in [-0.1, -0.05) is 54.4 Å². The van der Waals surface area contributed by atoms with Crippen LogP contribution in [0.2, 0.25) is 10.0 Å². The smallest absolute Gasteiger partial charge is 0.0409 e. The fourth-order valence-electron chi connectivity index (χ4n) is 2.32. The molecule has 20 heavy (non-hydrogen) atoms. The molecule has 0 spiro atoms. The molecule has 2 aromatic rings. The number of nitrogens with one attached hydrogen (secondary N) is 1. The van der Waals surface area contributed by atoms with Crippen LogP contribution in [-0.2, 0) is 0 Å². The summed E-state index contributed by atoms with van der Waals surface area (Å²) in [6.07, 6.45) is 1.02. The average Bonchev–Trinajstić information content (AvgIpc) is 2.45. The van der Waals surface area contributed by atoms with E-state index in [1.54, 1.807) is 0 Å². The summed E-state index contributed by atoms with van der Waals surface area (Å²) in [6.45, 7) is 4.33. The number of hydrogen-bond donors (Lipinski definition) is 1. The second-order valence-corrected chi connectivity index (χ2v) is 5.83. The van der Waals surface area contributed by atoms with Crippen molar-refractivity contribution in [1.29, 1.82) is 0 Å². The maximum atomic E-state index is 6.05. The molecule has 0 radical (unpaired) electrons. The molecule has 1 N–H and O–H groups in total. The molecular formula is C17H19Cl2N. The molecule has 106 valence electrons. The van der Waals surface area contributed by atoms with Gasteiger partial charge in [-0.05, 0) is 48.7 Å². The van der Waals surface area contributed by atoms with Gasteiger partial charge in [0.05, 0.1) is 0 Å². The van der Waals surface area contributed by atoms with Crippen molar-refractivity contribution in [3.8, 4) is 0 Å². The highest BCUT2D eigenvalue weighted by atomic mass is 35.5. The number of hydrogen-bond acceptors (Lipinski definition) is 1. The minimum atomic E-state index is 0.245. The van der Waals surface area contributed by atoms with E-state index < -0.39 is 0 Å². The Labute approximate surface area is 130 Å². The molecule has 0 saturated carbocycles. The Kier molecular flexibility index (Phi) is 5.47. The largest absolute Gasteiger partial charge is 0.303 e. The molecule has 2 aromatic carbocycles. The lowest BCUT2D eigenvalue weighted by molar-refractivity contribution is 0.456. The summed E-state index contributed by atoms with van der Waals surface area (Å²) in [6, 6.07) is 16.6. The molecule has 0 fully saturated rings. The first-order chi connectivity index (χ1) is 9.60. The van der Waals surface area contributed by atoms with Crippen molar-refractivity contribution in [2.75, 3.05) is 0 Å². The minimum Gasteiger partial charge on any atom is -0.303 e. The first-order valence-electron chi connectivity index (χ1n) is 6.87. The van der Waals surface area contributed by atoms with Gasteiger partial charge >= 0.3 is 0 Å². The molecule has 0 aliphatic carbocycles. The molecule has 2 rings (SSSR count). The van der Waals surface area contributed by atoms with Gasteiger partial charge in [0.1, 0.15) is 0 Å². The van der Waals surface area contributed by atoms with Crippen molar-refractivity contribution < 1.29 is 0 Å². The summed E-state index contributed by atoms with van der Waals surface area (Å²) >= 11 is 12.0. The molecule has 2 unspecified atom stereocenters. The van der Waals surface area contributed by atoms with Crippen LogP contribution in [0.15, 0.2) is 48.5 Å². The lowest BCUT2D eigenvalue weighted by Gasteiger charge is -2.23. The average molecular weight is 308 g/mol. The van der Waals surface area contributed by atoms with Crippen molar-refractivity contribution in [3.63, 3.8) is 0 Å². The van der Waals surface area contributed by atoms with Crippen LogP contribution in [0.3, 0.4) is 0 Å². The fourth-order valence-corrected chi connectivity index (χ4v) is 2.64. The van der Waals surface area contributed by atoms with E-state index in [0.717, 1.165) is 16.5 Å². The van der Waals surface area contributed by atoms with Crippen LogP contribution in [0.25, 0.3) is 0 Å². The fraction of sp³-hybridized carbons (Fsp3) is 0.294. The second kappa shape index (κ2) is 7.12. The van der Waals surface area contributed by atoms with Crippen LogP contribution in [-0.4, -0.2) is 0 Å². The van der Waals surface area contributed by atoms with Gasteiger partial charge in [-0.25, -0.2) is 0 Å². The van der Waals surface area contributed by atoms with Gasteiger partial charge in [0, 0.05) is 22.1 Å². The first kappa shape index (κ1) is 15.4. The molecule has 0 amide bonds. The molecule has 0 aliphatic rings. The molecule has 2 atom stereocenters. The van der Waals surface area contributed by atoms with E-state index in [2.05, 4.69) is 37.4 Å². The molecule has 3 heteroatoms. The third-order valence-electron chi connectivity index (χ3n) is 3.48. The van der Waals surface area contributed by atoms with Gasteiger partial charge in [-0.15, -0.1) is 0 Å². The van der Waals surface area contributed by atoms with Crippen molar-refractivity contribution in [1.82, 2.24) is 5.32 Å². The Morgan fingerprint density at radius 1 is 0.950 bits per heavy atom. The Balaban J connectivity index is 2.11. The van der Waals surface area contributed by atoms with E-state index in [0.29, 0.717) is 6.04 Å². The van der Waals surface area contributed by atoms with Crippen LogP contribution >= 0.6 is 23.2 Å². The SMILES string of the molecule is CCC(NC(C)c1cccc(Cl)c1)c1ccc(Cl)cc1. The zero-order valence-corrected chi connectivity index (χ0v) is 13.2. The van der Waals surface area contributed by atoms with E-state index in [9.17, 15) is 0 Å². The molecule has 1 nitrogen and oxygen atoms in total. The highest BCUT2D eigenvalue weighted by Crippen LogP contribution is 2.24. The maximum Gasteiger partial charge on any atom is 0.0409 e. The zero-order chi connectivity index (χ0) is 14.5. The molecular weight excluding hydrogens is 289 g/mol. The van der Waals surface area contributed by atoms with Gasteiger partial charge in [0.2, 0.25) is 0 Å². The molecule has 0 aliphatic heterocycles. The molecule has 0 aromatic heterocycles. The predicted molar refractivity (Wildman–Crippen MR) is 87.5 cm³/mol. The van der Waals surface area contributed by atoms with Crippen molar-refractivity contribution in [2.45, 2.75) is 32.4 Å². The van der Waals surface area contributed by atoms with E-state index in [-0.39, 0.29) is 6.04 Å². The summed E-state index contributed by atoms with van der Waals surface area (Å²) in [4.78, 5) is 0. The van der Waals surface area contributed by atoms with Crippen molar-refractivity contribution in [2.24, 2.45) is 0 Å². The van der Waals surface area contributed by atoms with E-state index >= 15 is 0 Å². The van der Waals surface area contributed by atoms with Crippen LogP contribution in [0.4, 0.5) is 0 Å². The van der Waals surface area contributed by atoms with E-state index in [1.165, 1.54) is 11.1 Å². The van der Waals surface area contributed by atoms with Crippen LogP contribution in [0.1, 0.15) is 43.5 Å². The highest BCUT2D eigenvalue weighted by molar-refractivity contribution is 6.30. The third-order valence-corrected chi connectivity index (χ3v) is 3.97.